The largest absolute Gasteiger partial charge is 0.509 e. The van der Waals surface area contributed by atoms with Crippen LogP contribution < -0.4 is 0 Å². The van der Waals surface area contributed by atoms with E-state index < -0.39 is 5.60 Å². The Hall–Kier alpha value is -0.500. The van der Waals surface area contributed by atoms with E-state index in [1.54, 1.807) is 6.92 Å². The van der Waals surface area contributed by atoms with Crippen LogP contribution in [-0.4, -0.2) is 15.8 Å². The van der Waals surface area contributed by atoms with Crippen molar-refractivity contribution >= 4 is 0 Å². The van der Waals surface area contributed by atoms with Gasteiger partial charge >= 0.3 is 0 Å². The Labute approximate surface area is 72.9 Å². The molecule has 2 nitrogen and oxygen atoms in total. The monoisotopic (exact) mass is 168 g/mol. The zero-order valence-corrected chi connectivity index (χ0v) is 7.89. The average Bonchev–Trinajstić information content (AvgIpc) is 2.27. The molecule has 2 aliphatic rings. The Morgan fingerprint density at radius 3 is 2.17 bits per heavy atom. The van der Waals surface area contributed by atoms with E-state index >= 15 is 0 Å². The molecule has 2 rings (SSSR count). The number of hydrogen-bond donors (Lipinski definition) is 2. The summed E-state index contributed by atoms with van der Waals surface area (Å²) in [5.41, 5.74) is 0.113. The zero-order chi connectivity index (χ0) is 9.15. The molecule has 0 saturated heterocycles. The van der Waals surface area contributed by atoms with E-state index in [0.717, 1.165) is 18.4 Å². The summed E-state index contributed by atoms with van der Waals surface area (Å²) in [5, 5.41) is 19.7. The molecule has 0 aliphatic heterocycles. The lowest BCUT2D eigenvalue weighted by molar-refractivity contribution is -0.0140. The summed E-state index contributed by atoms with van der Waals surface area (Å²) in [7, 11) is 0. The maximum Gasteiger partial charge on any atom is 0.124 e. The molecule has 2 bridgehead atoms. The van der Waals surface area contributed by atoms with Crippen molar-refractivity contribution < 1.29 is 10.2 Å². The molecule has 0 radical (unpaired) electrons. The van der Waals surface area contributed by atoms with Crippen LogP contribution in [0.2, 0.25) is 0 Å². The predicted molar refractivity (Wildman–Crippen MR) is 46.8 cm³/mol. The van der Waals surface area contributed by atoms with Gasteiger partial charge in [0.2, 0.25) is 0 Å². The van der Waals surface area contributed by atoms with Gasteiger partial charge in [-0.25, -0.2) is 0 Å². The second-order valence-electron chi connectivity index (χ2n) is 4.79. The standard InChI is InChI=1S/C10H16O2/c1-9(2)6-4-5-7(9)10(3,12)8(6)11/h7,11-12H,4-5H2,1-3H3. The van der Waals surface area contributed by atoms with Crippen molar-refractivity contribution in [2.45, 2.75) is 39.2 Å². The van der Waals surface area contributed by atoms with Crippen LogP contribution in [0.4, 0.5) is 0 Å². The maximum atomic E-state index is 9.98. The molecule has 2 heteroatoms. The van der Waals surface area contributed by atoms with Crippen molar-refractivity contribution in [3.63, 3.8) is 0 Å². The molecular weight excluding hydrogens is 152 g/mol. The number of fused-ring (bicyclic) bond motifs is 2. The molecule has 2 aliphatic carbocycles. The van der Waals surface area contributed by atoms with E-state index in [1.165, 1.54) is 0 Å². The van der Waals surface area contributed by atoms with Crippen LogP contribution >= 0.6 is 0 Å². The van der Waals surface area contributed by atoms with E-state index in [1.807, 2.05) is 0 Å². The number of hydrogen-bond acceptors (Lipinski definition) is 2. The molecule has 2 unspecified atom stereocenters. The number of aliphatic hydroxyl groups is 2. The Kier molecular flexibility index (Phi) is 1.27. The van der Waals surface area contributed by atoms with Gasteiger partial charge in [0.1, 0.15) is 11.4 Å². The van der Waals surface area contributed by atoms with Crippen molar-refractivity contribution in [1.29, 1.82) is 0 Å². The Balaban J connectivity index is 2.56. The highest BCUT2D eigenvalue weighted by Gasteiger charge is 2.58. The van der Waals surface area contributed by atoms with Crippen LogP contribution in [0, 0.1) is 11.3 Å². The highest BCUT2D eigenvalue weighted by molar-refractivity contribution is 5.37. The normalized spacial score (nSPS) is 44.2. The van der Waals surface area contributed by atoms with Gasteiger partial charge in [-0.15, -0.1) is 0 Å². The van der Waals surface area contributed by atoms with Crippen molar-refractivity contribution in [3.8, 4) is 0 Å². The average molecular weight is 168 g/mol. The summed E-state index contributed by atoms with van der Waals surface area (Å²) in [6, 6.07) is 0. The second-order valence-corrected chi connectivity index (χ2v) is 4.79. The molecule has 0 amide bonds. The van der Waals surface area contributed by atoms with E-state index in [9.17, 15) is 10.2 Å². The first kappa shape index (κ1) is 8.11. The minimum Gasteiger partial charge on any atom is -0.509 e. The van der Waals surface area contributed by atoms with Gasteiger partial charge in [-0.05, 0) is 30.8 Å². The number of aliphatic hydroxyl groups excluding tert-OH is 1. The van der Waals surface area contributed by atoms with Crippen LogP contribution in [0.5, 0.6) is 0 Å². The van der Waals surface area contributed by atoms with Crippen LogP contribution in [0.25, 0.3) is 0 Å². The highest BCUT2D eigenvalue weighted by atomic mass is 16.3. The van der Waals surface area contributed by atoms with Crippen LogP contribution in [0.3, 0.4) is 0 Å². The Morgan fingerprint density at radius 2 is 1.92 bits per heavy atom. The molecule has 1 saturated carbocycles. The highest BCUT2D eigenvalue weighted by Crippen LogP contribution is 2.60. The van der Waals surface area contributed by atoms with Gasteiger partial charge in [-0.2, -0.15) is 0 Å². The van der Waals surface area contributed by atoms with Gasteiger partial charge in [-0.1, -0.05) is 13.8 Å². The first-order chi connectivity index (χ1) is 5.38. The van der Waals surface area contributed by atoms with Crippen molar-refractivity contribution in [3.05, 3.63) is 11.3 Å². The Morgan fingerprint density at radius 1 is 1.33 bits per heavy atom. The molecule has 0 aromatic heterocycles. The maximum absolute atomic E-state index is 9.98. The summed E-state index contributed by atoms with van der Waals surface area (Å²) in [5.74, 6) is 0.448. The lowest BCUT2D eigenvalue weighted by Gasteiger charge is -2.31. The first-order valence-corrected chi connectivity index (χ1v) is 4.54. The second kappa shape index (κ2) is 1.87. The van der Waals surface area contributed by atoms with Gasteiger partial charge in [0.05, 0.1) is 0 Å². The third kappa shape index (κ3) is 0.650. The summed E-state index contributed by atoms with van der Waals surface area (Å²) in [6.07, 6.45) is 1.97. The fraction of sp³-hybridized carbons (Fsp3) is 0.800. The molecule has 12 heavy (non-hydrogen) atoms. The SMILES string of the molecule is CC1(C)C2=C(O)C(C)(O)C1CC2. The van der Waals surface area contributed by atoms with E-state index in [4.69, 9.17) is 0 Å². The molecule has 2 atom stereocenters. The lowest BCUT2D eigenvalue weighted by atomic mass is 9.77. The molecule has 2 N–H and O–H groups in total. The molecule has 68 valence electrons. The zero-order valence-electron chi connectivity index (χ0n) is 7.89. The summed E-state index contributed by atoms with van der Waals surface area (Å²) >= 11 is 0. The minimum atomic E-state index is -0.961. The third-order valence-electron chi connectivity index (χ3n) is 3.78. The minimum absolute atomic E-state index is 0.00752. The van der Waals surface area contributed by atoms with Gasteiger partial charge in [0.15, 0.2) is 0 Å². The van der Waals surface area contributed by atoms with Crippen molar-refractivity contribution in [1.82, 2.24) is 0 Å². The summed E-state index contributed by atoms with van der Waals surface area (Å²) in [6.45, 7) is 5.94. The molecule has 0 heterocycles. The summed E-state index contributed by atoms with van der Waals surface area (Å²) < 4.78 is 0. The van der Waals surface area contributed by atoms with Crippen LogP contribution in [0.1, 0.15) is 33.6 Å². The van der Waals surface area contributed by atoms with Crippen molar-refractivity contribution in [2.24, 2.45) is 11.3 Å². The Bertz CT molecular complexity index is 253. The van der Waals surface area contributed by atoms with E-state index in [-0.39, 0.29) is 17.1 Å². The summed E-state index contributed by atoms with van der Waals surface area (Å²) in [4.78, 5) is 0. The van der Waals surface area contributed by atoms with Gasteiger partial charge in [-0.3, -0.25) is 0 Å². The predicted octanol–water partition coefficient (Wildman–Crippen LogP) is 2.00. The van der Waals surface area contributed by atoms with Gasteiger partial charge < -0.3 is 10.2 Å². The third-order valence-corrected chi connectivity index (χ3v) is 3.78. The topological polar surface area (TPSA) is 40.5 Å². The van der Waals surface area contributed by atoms with Crippen LogP contribution in [0.15, 0.2) is 11.3 Å². The fourth-order valence-corrected chi connectivity index (χ4v) is 3.06. The molecular formula is C10H16O2. The quantitative estimate of drug-likeness (QED) is 0.580. The van der Waals surface area contributed by atoms with E-state index in [2.05, 4.69) is 13.8 Å². The van der Waals surface area contributed by atoms with Crippen molar-refractivity contribution in [2.75, 3.05) is 0 Å². The molecule has 0 spiro atoms. The van der Waals surface area contributed by atoms with Gasteiger partial charge in [0.25, 0.3) is 0 Å². The molecule has 0 aromatic rings. The smallest absolute Gasteiger partial charge is 0.124 e. The molecule has 1 fully saturated rings. The number of rotatable bonds is 0. The molecule has 0 aromatic carbocycles. The van der Waals surface area contributed by atoms with E-state index in [0.29, 0.717) is 0 Å². The number of allylic oxidation sites excluding steroid dienone is 1. The van der Waals surface area contributed by atoms with Gasteiger partial charge in [0, 0.05) is 5.92 Å². The van der Waals surface area contributed by atoms with Crippen LogP contribution in [-0.2, 0) is 0 Å². The first-order valence-electron chi connectivity index (χ1n) is 4.54. The lowest BCUT2D eigenvalue weighted by Crippen LogP contribution is -2.37. The fourth-order valence-electron chi connectivity index (χ4n) is 3.06.